The van der Waals surface area contributed by atoms with Crippen molar-refractivity contribution in [2.24, 2.45) is 0 Å². The molecule has 8 bridgehead atoms. The van der Waals surface area contributed by atoms with E-state index in [1.165, 1.54) is 5.56 Å². The second kappa shape index (κ2) is 12.2. The SMILES string of the molecule is C=C1c2[n-]c(cc3nc(cc4[n-]c(cc5nc(c2C(=O)OCC)C(C)=C5C)c(C)c4C)C(C)=C3C)C1(C)Cc1ccc(C)cc1.[Cu+2]. The third kappa shape index (κ3) is 5.36. The number of aryl methyl sites for hydroxylation is 3. The predicted octanol–water partition coefficient (Wildman–Crippen LogP) is 8.51. The van der Waals surface area contributed by atoms with Crippen LogP contribution in [-0.2, 0) is 33.6 Å². The molecule has 0 N–H and O–H groups in total. The zero-order valence-corrected chi connectivity index (χ0v) is 29.0. The third-order valence-corrected chi connectivity index (χ3v) is 9.88. The minimum Gasteiger partial charge on any atom is -0.660 e. The van der Waals surface area contributed by atoms with Crippen LogP contribution in [0.25, 0.3) is 38.9 Å². The number of hydrogen-bond donors (Lipinski definition) is 0. The molecule has 1 atom stereocenters. The smallest absolute Gasteiger partial charge is 0.660 e. The van der Waals surface area contributed by atoms with Crippen LogP contribution in [0.2, 0.25) is 0 Å². The van der Waals surface area contributed by atoms with Gasteiger partial charge in [-0.3, -0.25) is 0 Å². The van der Waals surface area contributed by atoms with Gasteiger partial charge in [-0.2, -0.15) is 0 Å². The number of hydrogen-bond acceptors (Lipinski definition) is 4. The number of aromatic nitrogens is 4. The Hall–Kier alpha value is -4.19. The second-order valence-corrected chi connectivity index (χ2v) is 12.7. The molecule has 0 amide bonds. The standard InChI is InChI=1S/C39H41N4O2.Cu/c1-11-45-38(44)35-36-26(8)25(7)32(42-36)17-31-22(4)21(3)29(40-31)16-30-23(5)24(6)33(41-30)18-34-39(10,27(9)37(35)43-34)19-28-14-12-20(2)13-15-28;/h12-18H,9,11,19H2,1-8,10H3,(H-,40,41,42,43,44);/q-1;+2/p-1. The summed E-state index contributed by atoms with van der Waals surface area (Å²) in [6.07, 6.45) is 0.655. The Morgan fingerprint density at radius 2 is 1.35 bits per heavy atom. The van der Waals surface area contributed by atoms with Crippen molar-refractivity contribution in [2.45, 2.75) is 74.1 Å². The van der Waals surface area contributed by atoms with Crippen LogP contribution >= 0.6 is 0 Å². The molecule has 3 aliphatic heterocycles. The minimum atomic E-state index is -0.612. The monoisotopic (exact) mass is 659 g/mol. The first-order valence-corrected chi connectivity index (χ1v) is 15.6. The van der Waals surface area contributed by atoms with Gasteiger partial charge in [0.05, 0.1) is 34.9 Å². The molecule has 0 spiro atoms. The van der Waals surface area contributed by atoms with E-state index in [0.29, 0.717) is 23.4 Å². The summed E-state index contributed by atoms with van der Waals surface area (Å²) in [6, 6.07) is 14.7. The van der Waals surface area contributed by atoms with Crippen molar-refractivity contribution < 1.29 is 26.6 Å². The van der Waals surface area contributed by atoms with Gasteiger partial charge in [0.1, 0.15) is 0 Å². The maximum atomic E-state index is 13.9. The maximum absolute atomic E-state index is 13.9. The van der Waals surface area contributed by atoms with Crippen molar-refractivity contribution in [3.05, 3.63) is 111 Å². The molecule has 3 aromatic rings. The summed E-state index contributed by atoms with van der Waals surface area (Å²) in [5, 5.41) is 0. The van der Waals surface area contributed by atoms with E-state index >= 15 is 0 Å². The fourth-order valence-electron chi connectivity index (χ4n) is 6.30. The molecule has 46 heavy (non-hydrogen) atoms. The molecular formula is C39H40CuN4O2. The van der Waals surface area contributed by atoms with Gasteiger partial charge in [0.15, 0.2) is 0 Å². The quantitative estimate of drug-likeness (QED) is 0.206. The summed E-state index contributed by atoms with van der Waals surface area (Å²) >= 11 is 0. The molecule has 3 aliphatic rings. The molecular weight excluding hydrogens is 620 g/mol. The molecule has 2 aromatic heterocycles. The zero-order valence-electron chi connectivity index (χ0n) is 28.1. The van der Waals surface area contributed by atoms with Crippen molar-refractivity contribution in [1.29, 1.82) is 0 Å². The van der Waals surface area contributed by atoms with Gasteiger partial charge < -0.3 is 14.7 Å². The minimum absolute atomic E-state index is 0. The fraction of sp³-hybridized carbons (Fsp3) is 0.308. The molecule has 7 heteroatoms. The Balaban J connectivity index is 0.00000417. The Morgan fingerprint density at radius 3 is 1.93 bits per heavy atom. The molecule has 0 saturated heterocycles. The number of allylic oxidation sites excluding steroid dienone is 5. The number of nitrogens with zero attached hydrogens (tertiary/aromatic N) is 4. The van der Waals surface area contributed by atoms with Crippen LogP contribution in [0.4, 0.5) is 0 Å². The van der Waals surface area contributed by atoms with E-state index < -0.39 is 11.4 Å². The molecule has 1 aromatic carbocycles. The second-order valence-electron chi connectivity index (χ2n) is 12.7. The fourth-order valence-corrected chi connectivity index (χ4v) is 6.30. The van der Waals surface area contributed by atoms with Crippen molar-refractivity contribution in [3.63, 3.8) is 0 Å². The van der Waals surface area contributed by atoms with Crippen LogP contribution in [0.1, 0.15) is 108 Å². The molecule has 6 rings (SSSR count). The molecule has 239 valence electrons. The van der Waals surface area contributed by atoms with Gasteiger partial charge >= 0.3 is 23.0 Å². The van der Waals surface area contributed by atoms with Crippen LogP contribution < -0.4 is 9.97 Å². The first-order valence-electron chi connectivity index (χ1n) is 15.6. The summed E-state index contributed by atoms with van der Waals surface area (Å²) in [7, 11) is 0. The van der Waals surface area contributed by atoms with E-state index in [1.807, 2.05) is 26.8 Å². The number of carbonyl (C=O) groups excluding carboxylic acids is 1. The Morgan fingerprint density at radius 1 is 0.804 bits per heavy atom. The molecule has 1 radical (unpaired) electrons. The molecule has 0 aliphatic carbocycles. The third-order valence-electron chi connectivity index (χ3n) is 9.88. The number of carbonyl (C=O) groups is 1. The van der Waals surface area contributed by atoms with Crippen molar-refractivity contribution in [1.82, 2.24) is 19.9 Å². The molecule has 6 nitrogen and oxygen atoms in total. The van der Waals surface area contributed by atoms with Gasteiger partial charge in [0.25, 0.3) is 0 Å². The van der Waals surface area contributed by atoms with E-state index in [1.54, 1.807) is 0 Å². The van der Waals surface area contributed by atoms with Gasteiger partial charge in [0.2, 0.25) is 0 Å². The number of fused-ring (bicyclic) bond motifs is 8. The number of esters is 1. The molecule has 1 unspecified atom stereocenters. The van der Waals surface area contributed by atoms with Gasteiger partial charge in [-0.05, 0) is 95.1 Å². The first kappa shape index (κ1) is 33.2. The van der Waals surface area contributed by atoms with Crippen molar-refractivity contribution in [3.8, 4) is 0 Å². The summed E-state index contributed by atoms with van der Waals surface area (Å²) in [5.74, 6) is -0.458. The van der Waals surface area contributed by atoms with E-state index in [0.717, 1.165) is 78.4 Å². The van der Waals surface area contributed by atoms with Gasteiger partial charge in [-0.25, -0.2) is 14.8 Å². The average molecular weight is 660 g/mol. The van der Waals surface area contributed by atoms with E-state index in [-0.39, 0.29) is 23.7 Å². The van der Waals surface area contributed by atoms with Crippen LogP contribution in [0.5, 0.6) is 0 Å². The van der Waals surface area contributed by atoms with Crippen LogP contribution in [0, 0.1) is 20.8 Å². The van der Waals surface area contributed by atoms with Gasteiger partial charge in [-0.15, -0.1) is 22.4 Å². The summed E-state index contributed by atoms with van der Waals surface area (Å²) in [4.78, 5) is 34.3. The number of ether oxygens (including phenoxy) is 1. The molecule has 0 saturated carbocycles. The number of benzene rings is 1. The number of rotatable bonds is 4. The van der Waals surface area contributed by atoms with Crippen molar-refractivity contribution in [2.75, 3.05) is 6.61 Å². The average Bonchev–Trinajstić information content (AvgIpc) is 3.61. The van der Waals surface area contributed by atoms with Gasteiger partial charge in [0, 0.05) is 0 Å². The largest absolute Gasteiger partial charge is 2.00 e. The molecule has 5 heterocycles. The topological polar surface area (TPSA) is 80.3 Å². The van der Waals surface area contributed by atoms with E-state index in [4.69, 9.17) is 24.7 Å². The maximum Gasteiger partial charge on any atom is 2.00 e. The summed E-state index contributed by atoms with van der Waals surface area (Å²) in [5.41, 5.74) is 15.3. The van der Waals surface area contributed by atoms with E-state index in [2.05, 4.69) is 84.5 Å². The molecule has 0 fully saturated rings. The Labute approximate surface area is 282 Å². The first-order chi connectivity index (χ1) is 21.3. The van der Waals surface area contributed by atoms with Crippen LogP contribution in [-0.4, -0.2) is 22.5 Å². The van der Waals surface area contributed by atoms with Crippen LogP contribution in [0.15, 0.2) is 49.0 Å². The Bertz CT molecular complexity index is 2060. The van der Waals surface area contributed by atoms with Crippen LogP contribution in [0.3, 0.4) is 0 Å². The zero-order chi connectivity index (χ0) is 32.4. The Kier molecular flexibility index (Phi) is 8.80. The predicted molar refractivity (Wildman–Crippen MR) is 183 cm³/mol. The summed E-state index contributed by atoms with van der Waals surface area (Å²) in [6.45, 7) is 23.3. The van der Waals surface area contributed by atoms with E-state index in [9.17, 15) is 4.79 Å². The van der Waals surface area contributed by atoms with Crippen molar-refractivity contribution >= 4 is 44.9 Å². The van der Waals surface area contributed by atoms with Gasteiger partial charge in [-0.1, -0.05) is 78.2 Å². The normalized spacial score (nSPS) is 16.8. The summed E-state index contributed by atoms with van der Waals surface area (Å²) < 4.78 is 5.67.